The third kappa shape index (κ3) is 5.22. The zero-order valence-electron chi connectivity index (χ0n) is 12.6. The molecule has 0 bridgehead atoms. The summed E-state index contributed by atoms with van der Waals surface area (Å²) in [6.45, 7) is 8.57. The van der Waals surface area contributed by atoms with Crippen LogP contribution in [-0.4, -0.2) is 37.3 Å². The highest BCUT2D eigenvalue weighted by Gasteiger charge is 2.19. The molecule has 7 heteroatoms. The molecule has 1 aromatic heterocycles. The van der Waals surface area contributed by atoms with Crippen molar-refractivity contribution in [3.8, 4) is 0 Å². The second kappa shape index (κ2) is 8.39. The van der Waals surface area contributed by atoms with Crippen LogP contribution in [-0.2, 0) is 16.6 Å². The van der Waals surface area contributed by atoms with E-state index in [1.807, 2.05) is 13.8 Å². The van der Waals surface area contributed by atoms with Gasteiger partial charge in [0, 0.05) is 18.8 Å². The van der Waals surface area contributed by atoms with E-state index in [9.17, 15) is 8.42 Å². The van der Waals surface area contributed by atoms with Gasteiger partial charge in [0.25, 0.3) is 0 Å². The van der Waals surface area contributed by atoms with Gasteiger partial charge in [0.05, 0.1) is 6.20 Å². The number of nitrogens with one attached hydrogen (secondary N) is 2. The first-order valence-corrected chi connectivity index (χ1v) is 8.77. The SMILES string of the molecule is CCNCCCn1cc(S(=O)(=O)NC(CC)CC)cn1. The minimum atomic E-state index is -3.45. The standard InChI is InChI=1S/C13H26N4O2S/c1-4-12(5-2)16-20(18,19)13-10-15-17(11-13)9-7-8-14-6-3/h10-12,14,16H,4-9H2,1-3H3. The third-order valence-corrected chi connectivity index (χ3v) is 4.69. The molecule has 116 valence electrons. The summed E-state index contributed by atoms with van der Waals surface area (Å²) in [4.78, 5) is 0.243. The van der Waals surface area contributed by atoms with Crippen LogP contribution < -0.4 is 10.0 Å². The first-order valence-electron chi connectivity index (χ1n) is 7.29. The van der Waals surface area contributed by atoms with E-state index in [4.69, 9.17) is 0 Å². The average molecular weight is 302 g/mol. The molecule has 0 aliphatic carbocycles. The molecule has 0 spiro atoms. The molecule has 0 radical (unpaired) electrons. The number of nitrogens with zero attached hydrogens (tertiary/aromatic N) is 2. The van der Waals surface area contributed by atoms with Crippen molar-refractivity contribution in [1.29, 1.82) is 0 Å². The lowest BCUT2D eigenvalue weighted by Crippen LogP contribution is -2.33. The van der Waals surface area contributed by atoms with Gasteiger partial charge in [-0.1, -0.05) is 20.8 Å². The van der Waals surface area contributed by atoms with Crippen LogP contribution in [0.15, 0.2) is 17.3 Å². The Labute approximate surface area is 122 Å². The minimum absolute atomic E-state index is 0.0166. The number of aromatic nitrogens is 2. The van der Waals surface area contributed by atoms with Crippen molar-refractivity contribution in [2.75, 3.05) is 13.1 Å². The molecule has 20 heavy (non-hydrogen) atoms. The summed E-state index contributed by atoms with van der Waals surface area (Å²) in [5.41, 5.74) is 0. The number of hydrogen-bond acceptors (Lipinski definition) is 4. The van der Waals surface area contributed by atoms with Crippen molar-refractivity contribution in [1.82, 2.24) is 19.8 Å². The van der Waals surface area contributed by atoms with E-state index >= 15 is 0 Å². The lowest BCUT2D eigenvalue weighted by Gasteiger charge is -2.13. The molecule has 1 heterocycles. The molecule has 0 fully saturated rings. The first kappa shape index (κ1) is 17.1. The van der Waals surface area contributed by atoms with E-state index in [2.05, 4.69) is 22.1 Å². The van der Waals surface area contributed by atoms with E-state index in [-0.39, 0.29) is 10.9 Å². The first-order chi connectivity index (χ1) is 9.53. The highest BCUT2D eigenvalue weighted by Crippen LogP contribution is 2.10. The Bertz CT molecular complexity index is 480. The maximum absolute atomic E-state index is 12.2. The molecule has 1 aromatic rings. The lowest BCUT2D eigenvalue weighted by molar-refractivity contribution is 0.529. The number of sulfonamides is 1. The topological polar surface area (TPSA) is 76.0 Å². The summed E-state index contributed by atoms with van der Waals surface area (Å²) in [6.07, 6.45) is 5.50. The summed E-state index contributed by atoms with van der Waals surface area (Å²) in [7, 11) is -3.45. The van der Waals surface area contributed by atoms with E-state index < -0.39 is 10.0 Å². The van der Waals surface area contributed by atoms with Crippen molar-refractivity contribution in [3.63, 3.8) is 0 Å². The summed E-state index contributed by atoms with van der Waals surface area (Å²) >= 11 is 0. The Morgan fingerprint density at radius 3 is 2.60 bits per heavy atom. The Balaban J connectivity index is 2.61. The van der Waals surface area contributed by atoms with Crippen LogP contribution in [0.2, 0.25) is 0 Å². The van der Waals surface area contributed by atoms with Crippen LogP contribution in [0, 0.1) is 0 Å². The average Bonchev–Trinajstić information content (AvgIpc) is 2.90. The third-order valence-electron chi connectivity index (χ3n) is 3.22. The van der Waals surface area contributed by atoms with Crippen molar-refractivity contribution in [2.45, 2.75) is 57.5 Å². The van der Waals surface area contributed by atoms with Gasteiger partial charge >= 0.3 is 0 Å². The zero-order chi connectivity index (χ0) is 15.0. The van der Waals surface area contributed by atoms with Crippen LogP contribution in [0.3, 0.4) is 0 Å². The molecule has 0 atom stereocenters. The predicted octanol–water partition coefficient (Wildman–Crippen LogP) is 1.35. The maximum Gasteiger partial charge on any atom is 0.243 e. The van der Waals surface area contributed by atoms with Crippen molar-refractivity contribution < 1.29 is 8.42 Å². The van der Waals surface area contributed by atoms with Crippen molar-refractivity contribution in [2.24, 2.45) is 0 Å². The second-order valence-corrected chi connectivity index (χ2v) is 6.49. The van der Waals surface area contributed by atoms with Crippen LogP contribution >= 0.6 is 0 Å². The number of rotatable bonds is 10. The minimum Gasteiger partial charge on any atom is -0.317 e. The van der Waals surface area contributed by atoms with Crippen molar-refractivity contribution >= 4 is 10.0 Å². The Hall–Kier alpha value is -0.920. The Morgan fingerprint density at radius 2 is 2.00 bits per heavy atom. The molecule has 0 unspecified atom stereocenters. The van der Waals surface area contributed by atoms with Gasteiger partial charge in [-0.2, -0.15) is 5.10 Å². The maximum atomic E-state index is 12.2. The van der Waals surface area contributed by atoms with Gasteiger partial charge in [-0.3, -0.25) is 4.68 Å². The van der Waals surface area contributed by atoms with E-state index in [0.29, 0.717) is 6.54 Å². The van der Waals surface area contributed by atoms with Gasteiger partial charge in [0.15, 0.2) is 0 Å². The van der Waals surface area contributed by atoms with Crippen LogP contribution in [0.25, 0.3) is 0 Å². The van der Waals surface area contributed by atoms with Gasteiger partial charge in [-0.05, 0) is 32.4 Å². The van der Waals surface area contributed by atoms with Gasteiger partial charge in [0.2, 0.25) is 10.0 Å². The highest BCUT2D eigenvalue weighted by atomic mass is 32.2. The fourth-order valence-corrected chi connectivity index (χ4v) is 3.25. The summed E-state index contributed by atoms with van der Waals surface area (Å²) in [6, 6.07) is -0.0166. The van der Waals surface area contributed by atoms with Crippen LogP contribution in [0.4, 0.5) is 0 Å². The van der Waals surface area contributed by atoms with E-state index in [1.54, 1.807) is 10.9 Å². The van der Waals surface area contributed by atoms with Gasteiger partial charge in [-0.25, -0.2) is 13.1 Å². The smallest absolute Gasteiger partial charge is 0.243 e. The second-order valence-electron chi connectivity index (χ2n) is 4.78. The fourth-order valence-electron chi connectivity index (χ4n) is 1.89. The zero-order valence-corrected chi connectivity index (χ0v) is 13.4. The van der Waals surface area contributed by atoms with E-state index in [0.717, 1.165) is 32.4 Å². The molecular weight excluding hydrogens is 276 g/mol. The summed E-state index contributed by atoms with van der Waals surface area (Å²) < 4.78 is 28.7. The molecule has 0 aliphatic heterocycles. The molecule has 0 aliphatic rings. The molecule has 0 saturated carbocycles. The molecule has 6 nitrogen and oxygen atoms in total. The van der Waals surface area contributed by atoms with Crippen molar-refractivity contribution in [3.05, 3.63) is 12.4 Å². The fraction of sp³-hybridized carbons (Fsp3) is 0.769. The number of aryl methyl sites for hydroxylation is 1. The van der Waals surface area contributed by atoms with Crippen LogP contribution in [0.1, 0.15) is 40.0 Å². The quantitative estimate of drug-likeness (QED) is 0.640. The van der Waals surface area contributed by atoms with Gasteiger partial charge < -0.3 is 5.32 Å². The molecule has 0 aromatic carbocycles. The lowest BCUT2D eigenvalue weighted by atomic mass is 10.2. The molecule has 1 rings (SSSR count). The summed E-state index contributed by atoms with van der Waals surface area (Å²) in [5.74, 6) is 0. The number of hydrogen-bond donors (Lipinski definition) is 2. The largest absolute Gasteiger partial charge is 0.317 e. The normalized spacial score (nSPS) is 12.2. The van der Waals surface area contributed by atoms with Crippen LogP contribution in [0.5, 0.6) is 0 Å². The Morgan fingerprint density at radius 1 is 1.30 bits per heavy atom. The monoisotopic (exact) mass is 302 g/mol. The molecule has 2 N–H and O–H groups in total. The predicted molar refractivity (Wildman–Crippen MR) is 80.1 cm³/mol. The molecule has 0 amide bonds. The van der Waals surface area contributed by atoms with Gasteiger partial charge in [-0.15, -0.1) is 0 Å². The van der Waals surface area contributed by atoms with Gasteiger partial charge in [0.1, 0.15) is 4.90 Å². The highest BCUT2D eigenvalue weighted by molar-refractivity contribution is 7.89. The van der Waals surface area contributed by atoms with E-state index in [1.165, 1.54) is 6.20 Å². The summed E-state index contributed by atoms with van der Waals surface area (Å²) in [5, 5.41) is 7.33. The molecule has 0 saturated heterocycles. The molecular formula is C13H26N4O2S. The Kier molecular flexibility index (Phi) is 7.18.